The van der Waals surface area contributed by atoms with Gasteiger partial charge in [0.1, 0.15) is 5.75 Å². The van der Waals surface area contributed by atoms with Crippen LogP contribution in [-0.4, -0.2) is 32.4 Å². The standard InChI is InChI=1S/C16H25NO2/c1-13-10-14(2)12-16(11-13)19-9-3-8-18-15-4-6-17-7-5-15/h10-12,15,17H,3-9H2,1-2H3. The van der Waals surface area contributed by atoms with Gasteiger partial charge in [0, 0.05) is 6.42 Å². The third kappa shape index (κ3) is 5.21. The van der Waals surface area contributed by atoms with Gasteiger partial charge in [-0.25, -0.2) is 0 Å². The molecule has 3 nitrogen and oxygen atoms in total. The van der Waals surface area contributed by atoms with Gasteiger partial charge >= 0.3 is 0 Å². The molecule has 1 heterocycles. The highest BCUT2D eigenvalue weighted by Gasteiger charge is 2.12. The van der Waals surface area contributed by atoms with Crippen molar-refractivity contribution in [3.05, 3.63) is 29.3 Å². The molecule has 0 aliphatic carbocycles. The topological polar surface area (TPSA) is 30.5 Å². The number of benzene rings is 1. The Bertz CT molecular complexity index is 366. The number of nitrogens with one attached hydrogen (secondary N) is 1. The summed E-state index contributed by atoms with van der Waals surface area (Å²) in [5.41, 5.74) is 2.50. The van der Waals surface area contributed by atoms with Crippen LogP contribution in [0.25, 0.3) is 0 Å². The molecule has 106 valence electrons. The third-order valence-corrected chi connectivity index (χ3v) is 3.39. The molecule has 0 unspecified atom stereocenters. The van der Waals surface area contributed by atoms with Crippen molar-refractivity contribution in [2.75, 3.05) is 26.3 Å². The van der Waals surface area contributed by atoms with Crippen LogP contribution in [0.3, 0.4) is 0 Å². The summed E-state index contributed by atoms with van der Waals surface area (Å²) in [6.45, 7) is 7.90. The summed E-state index contributed by atoms with van der Waals surface area (Å²) in [6, 6.07) is 6.33. The SMILES string of the molecule is Cc1cc(C)cc(OCCCOC2CCNCC2)c1. The Morgan fingerprint density at radius 1 is 1.05 bits per heavy atom. The van der Waals surface area contributed by atoms with Gasteiger partial charge in [-0.2, -0.15) is 0 Å². The summed E-state index contributed by atoms with van der Waals surface area (Å²) in [5.74, 6) is 0.972. The fraction of sp³-hybridized carbons (Fsp3) is 0.625. The minimum absolute atomic E-state index is 0.447. The quantitative estimate of drug-likeness (QED) is 0.801. The van der Waals surface area contributed by atoms with Gasteiger partial charge in [-0.3, -0.25) is 0 Å². The van der Waals surface area contributed by atoms with Gasteiger partial charge in [0.15, 0.2) is 0 Å². The normalized spacial score (nSPS) is 16.5. The van der Waals surface area contributed by atoms with E-state index in [-0.39, 0.29) is 0 Å². The van der Waals surface area contributed by atoms with Crippen molar-refractivity contribution in [3.63, 3.8) is 0 Å². The monoisotopic (exact) mass is 263 g/mol. The van der Waals surface area contributed by atoms with E-state index in [1.165, 1.54) is 11.1 Å². The van der Waals surface area contributed by atoms with Crippen molar-refractivity contribution < 1.29 is 9.47 Å². The van der Waals surface area contributed by atoms with E-state index in [9.17, 15) is 0 Å². The Kier molecular flexibility index (Phi) is 5.67. The molecular formula is C16H25NO2. The first-order valence-electron chi connectivity index (χ1n) is 7.27. The van der Waals surface area contributed by atoms with E-state index >= 15 is 0 Å². The molecule has 0 atom stereocenters. The summed E-state index contributed by atoms with van der Waals surface area (Å²) in [4.78, 5) is 0. The second-order valence-corrected chi connectivity index (χ2v) is 5.35. The van der Waals surface area contributed by atoms with Gasteiger partial charge in [0.25, 0.3) is 0 Å². The van der Waals surface area contributed by atoms with E-state index in [0.717, 1.165) is 51.3 Å². The zero-order chi connectivity index (χ0) is 13.5. The predicted molar refractivity (Wildman–Crippen MR) is 77.9 cm³/mol. The van der Waals surface area contributed by atoms with Gasteiger partial charge in [-0.05, 0) is 63.0 Å². The van der Waals surface area contributed by atoms with E-state index in [1.807, 2.05) is 0 Å². The first kappa shape index (κ1) is 14.4. The van der Waals surface area contributed by atoms with E-state index in [1.54, 1.807) is 0 Å². The number of ether oxygens (including phenoxy) is 2. The number of hydrogen-bond donors (Lipinski definition) is 1. The fourth-order valence-electron chi connectivity index (χ4n) is 2.48. The van der Waals surface area contributed by atoms with Gasteiger partial charge in [-0.1, -0.05) is 6.07 Å². The number of hydrogen-bond acceptors (Lipinski definition) is 3. The highest BCUT2D eigenvalue weighted by atomic mass is 16.5. The summed E-state index contributed by atoms with van der Waals surface area (Å²) in [5, 5.41) is 3.34. The molecule has 0 bridgehead atoms. The maximum Gasteiger partial charge on any atom is 0.119 e. The summed E-state index contributed by atoms with van der Waals surface area (Å²) in [7, 11) is 0. The average molecular weight is 263 g/mol. The van der Waals surface area contributed by atoms with Crippen LogP contribution in [0.2, 0.25) is 0 Å². The molecule has 19 heavy (non-hydrogen) atoms. The minimum Gasteiger partial charge on any atom is -0.493 e. The molecular weight excluding hydrogens is 238 g/mol. The maximum atomic E-state index is 5.85. The Balaban J connectivity index is 1.60. The lowest BCUT2D eigenvalue weighted by atomic mass is 10.1. The van der Waals surface area contributed by atoms with E-state index in [2.05, 4.69) is 37.4 Å². The smallest absolute Gasteiger partial charge is 0.119 e. The molecule has 1 aromatic carbocycles. The van der Waals surface area contributed by atoms with Crippen molar-refractivity contribution >= 4 is 0 Å². The second-order valence-electron chi connectivity index (χ2n) is 5.35. The van der Waals surface area contributed by atoms with Gasteiger partial charge < -0.3 is 14.8 Å². The van der Waals surface area contributed by atoms with Crippen LogP contribution in [0.1, 0.15) is 30.4 Å². The molecule has 0 amide bonds. The highest BCUT2D eigenvalue weighted by Crippen LogP contribution is 2.16. The van der Waals surface area contributed by atoms with Crippen LogP contribution in [0, 0.1) is 13.8 Å². The second kappa shape index (κ2) is 7.51. The third-order valence-electron chi connectivity index (χ3n) is 3.39. The van der Waals surface area contributed by atoms with Crippen molar-refractivity contribution in [1.29, 1.82) is 0 Å². The maximum absolute atomic E-state index is 5.85. The van der Waals surface area contributed by atoms with Gasteiger partial charge in [0.05, 0.1) is 19.3 Å². The molecule has 0 spiro atoms. The van der Waals surface area contributed by atoms with Crippen LogP contribution >= 0.6 is 0 Å². The van der Waals surface area contributed by atoms with Crippen molar-refractivity contribution in [2.45, 2.75) is 39.2 Å². The molecule has 1 aromatic rings. The van der Waals surface area contributed by atoms with Crippen LogP contribution in [0.5, 0.6) is 5.75 Å². The Hall–Kier alpha value is -1.06. The number of aryl methyl sites for hydroxylation is 2. The molecule has 1 aliphatic heterocycles. The van der Waals surface area contributed by atoms with Crippen molar-refractivity contribution in [3.8, 4) is 5.75 Å². The zero-order valence-electron chi connectivity index (χ0n) is 12.1. The number of rotatable bonds is 6. The largest absolute Gasteiger partial charge is 0.493 e. The highest BCUT2D eigenvalue weighted by molar-refractivity contribution is 5.32. The average Bonchev–Trinajstić information content (AvgIpc) is 2.38. The summed E-state index contributed by atoms with van der Waals surface area (Å²) in [6.07, 6.45) is 3.68. The zero-order valence-corrected chi connectivity index (χ0v) is 12.1. The lowest BCUT2D eigenvalue weighted by Crippen LogP contribution is -2.32. The lowest BCUT2D eigenvalue weighted by molar-refractivity contribution is 0.0269. The molecule has 1 saturated heterocycles. The van der Waals surface area contributed by atoms with Crippen molar-refractivity contribution in [2.24, 2.45) is 0 Å². The molecule has 1 aliphatic rings. The molecule has 1 fully saturated rings. The first-order valence-corrected chi connectivity index (χ1v) is 7.27. The van der Waals surface area contributed by atoms with Crippen LogP contribution in [-0.2, 0) is 4.74 Å². The Morgan fingerprint density at radius 2 is 1.74 bits per heavy atom. The molecule has 0 saturated carbocycles. The molecule has 0 aromatic heterocycles. The van der Waals surface area contributed by atoms with Crippen molar-refractivity contribution in [1.82, 2.24) is 5.32 Å². The van der Waals surface area contributed by atoms with Crippen LogP contribution in [0.15, 0.2) is 18.2 Å². The van der Waals surface area contributed by atoms with Gasteiger partial charge in [-0.15, -0.1) is 0 Å². The Morgan fingerprint density at radius 3 is 2.42 bits per heavy atom. The fourth-order valence-corrected chi connectivity index (χ4v) is 2.48. The minimum atomic E-state index is 0.447. The summed E-state index contributed by atoms with van der Waals surface area (Å²) >= 11 is 0. The Labute approximate surface area is 116 Å². The van der Waals surface area contributed by atoms with E-state index < -0.39 is 0 Å². The molecule has 0 radical (unpaired) electrons. The summed E-state index contributed by atoms with van der Waals surface area (Å²) < 4.78 is 11.6. The molecule has 3 heteroatoms. The first-order chi connectivity index (χ1) is 9.24. The predicted octanol–water partition coefficient (Wildman–Crippen LogP) is 2.84. The number of piperidine rings is 1. The molecule has 2 rings (SSSR count). The van der Waals surface area contributed by atoms with E-state index in [4.69, 9.17) is 9.47 Å². The van der Waals surface area contributed by atoms with Gasteiger partial charge in [0.2, 0.25) is 0 Å². The van der Waals surface area contributed by atoms with Crippen LogP contribution in [0.4, 0.5) is 0 Å². The van der Waals surface area contributed by atoms with E-state index in [0.29, 0.717) is 6.10 Å². The van der Waals surface area contributed by atoms with Crippen LogP contribution < -0.4 is 10.1 Å². The lowest BCUT2D eigenvalue weighted by Gasteiger charge is -2.22. The molecule has 1 N–H and O–H groups in total.